The number of amides is 1. The second-order valence-electron chi connectivity index (χ2n) is 7.87. The highest BCUT2D eigenvalue weighted by molar-refractivity contribution is 5.74. The van der Waals surface area contributed by atoms with Gasteiger partial charge in [0.05, 0.1) is 17.3 Å². The monoisotopic (exact) mass is 368 g/mol. The van der Waals surface area contributed by atoms with E-state index < -0.39 is 17.3 Å². The van der Waals surface area contributed by atoms with E-state index in [1.807, 2.05) is 26.8 Å². The molecule has 2 aliphatic heterocycles. The fraction of sp³-hybridized carbons (Fsp3) is 0.579. The highest BCUT2D eigenvalue weighted by Gasteiger charge is 2.39. The van der Waals surface area contributed by atoms with Crippen molar-refractivity contribution in [2.75, 3.05) is 0 Å². The molecule has 1 saturated heterocycles. The van der Waals surface area contributed by atoms with Crippen LogP contribution in [0.3, 0.4) is 0 Å². The predicted octanol–water partition coefficient (Wildman–Crippen LogP) is 5.05. The molecule has 142 valence electrons. The minimum Gasteiger partial charge on any atom is -0.444 e. The Labute approximate surface area is 151 Å². The van der Waals surface area contributed by atoms with Crippen molar-refractivity contribution in [3.05, 3.63) is 35.7 Å². The van der Waals surface area contributed by atoms with Crippen LogP contribution in [0.2, 0.25) is 0 Å². The molecule has 4 nitrogen and oxygen atoms in total. The van der Waals surface area contributed by atoms with Gasteiger partial charge in [-0.3, -0.25) is 9.88 Å². The lowest BCUT2D eigenvalue weighted by Gasteiger charge is -2.45. The van der Waals surface area contributed by atoms with Crippen LogP contribution in [-0.4, -0.2) is 33.7 Å². The van der Waals surface area contributed by atoms with E-state index in [0.717, 1.165) is 37.1 Å². The molecule has 2 unspecified atom stereocenters. The molecule has 3 rings (SSSR count). The van der Waals surface area contributed by atoms with Crippen molar-refractivity contribution in [3.8, 4) is 0 Å². The van der Waals surface area contributed by atoms with Crippen molar-refractivity contribution in [2.45, 2.75) is 70.3 Å². The largest absolute Gasteiger partial charge is 0.444 e. The number of pyridine rings is 1. The van der Waals surface area contributed by atoms with Crippen LogP contribution in [0.4, 0.5) is 18.0 Å². The van der Waals surface area contributed by atoms with E-state index in [9.17, 15) is 18.0 Å². The average Bonchev–Trinajstić information content (AvgIpc) is 2.51. The van der Waals surface area contributed by atoms with Crippen molar-refractivity contribution in [1.82, 2.24) is 9.88 Å². The van der Waals surface area contributed by atoms with E-state index in [-0.39, 0.29) is 18.2 Å². The van der Waals surface area contributed by atoms with Crippen molar-refractivity contribution in [3.63, 3.8) is 0 Å². The molecule has 2 atom stereocenters. The van der Waals surface area contributed by atoms with Gasteiger partial charge in [-0.05, 0) is 64.2 Å². The highest BCUT2D eigenvalue weighted by Crippen LogP contribution is 2.38. The number of halogens is 3. The predicted molar refractivity (Wildman–Crippen MR) is 91.3 cm³/mol. The number of rotatable bonds is 1. The van der Waals surface area contributed by atoms with Crippen LogP contribution in [-0.2, 0) is 10.9 Å². The topological polar surface area (TPSA) is 42.4 Å². The number of hydrogen-bond donors (Lipinski definition) is 0. The third-order valence-electron chi connectivity index (χ3n) is 4.66. The van der Waals surface area contributed by atoms with Crippen LogP contribution in [0.25, 0.3) is 5.57 Å². The Bertz CT molecular complexity index is 705. The van der Waals surface area contributed by atoms with E-state index in [4.69, 9.17) is 4.74 Å². The molecule has 3 heterocycles. The fourth-order valence-corrected chi connectivity index (χ4v) is 3.57. The Morgan fingerprint density at radius 3 is 2.50 bits per heavy atom. The number of fused-ring (bicyclic) bond motifs is 2. The number of ether oxygens (including phenoxy) is 1. The molecular weight excluding hydrogens is 345 g/mol. The summed E-state index contributed by atoms with van der Waals surface area (Å²) in [5, 5.41) is 0. The summed E-state index contributed by atoms with van der Waals surface area (Å²) in [6.45, 7) is 5.49. The second kappa shape index (κ2) is 6.59. The van der Waals surface area contributed by atoms with E-state index in [0.29, 0.717) is 12.1 Å². The Balaban J connectivity index is 1.83. The van der Waals surface area contributed by atoms with Gasteiger partial charge in [0.1, 0.15) is 5.60 Å². The molecular formula is C19H23F3N2O2. The van der Waals surface area contributed by atoms with Gasteiger partial charge in [-0.2, -0.15) is 13.2 Å². The lowest BCUT2D eigenvalue weighted by atomic mass is 9.84. The Morgan fingerprint density at radius 1 is 1.23 bits per heavy atom. The number of hydrogen-bond acceptors (Lipinski definition) is 3. The lowest BCUT2D eigenvalue weighted by molar-refractivity contribution is -0.137. The van der Waals surface area contributed by atoms with Crippen LogP contribution in [0.1, 0.15) is 57.7 Å². The van der Waals surface area contributed by atoms with Gasteiger partial charge >= 0.3 is 12.3 Å². The summed E-state index contributed by atoms with van der Waals surface area (Å²) in [5.74, 6) is 0. The molecule has 26 heavy (non-hydrogen) atoms. The van der Waals surface area contributed by atoms with Gasteiger partial charge < -0.3 is 4.74 Å². The summed E-state index contributed by atoms with van der Waals surface area (Å²) in [6, 6.07) is 2.36. The van der Waals surface area contributed by atoms with Gasteiger partial charge in [0.2, 0.25) is 0 Å². The van der Waals surface area contributed by atoms with E-state index in [1.54, 1.807) is 4.90 Å². The van der Waals surface area contributed by atoms with Crippen LogP contribution in [0.15, 0.2) is 24.4 Å². The number of carbonyl (C=O) groups is 1. The molecule has 0 N–H and O–H groups in total. The summed E-state index contributed by atoms with van der Waals surface area (Å²) in [6.07, 6.45) is 1.36. The highest BCUT2D eigenvalue weighted by atomic mass is 19.4. The normalized spacial score (nSPS) is 23.5. The van der Waals surface area contributed by atoms with Crippen LogP contribution in [0.5, 0.6) is 0 Å². The molecule has 7 heteroatoms. The quantitative estimate of drug-likeness (QED) is 0.697. The average molecular weight is 368 g/mol. The van der Waals surface area contributed by atoms with E-state index >= 15 is 0 Å². The van der Waals surface area contributed by atoms with Crippen LogP contribution >= 0.6 is 0 Å². The van der Waals surface area contributed by atoms with Gasteiger partial charge in [0, 0.05) is 12.2 Å². The minimum atomic E-state index is -4.39. The first-order valence-electron chi connectivity index (χ1n) is 8.80. The number of aromatic nitrogens is 1. The summed E-state index contributed by atoms with van der Waals surface area (Å²) in [4.78, 5) is 18.3. The Hall–Kier alpha value is -2.05. The van der Waals surface area contributed by atoms with Gasteiger partial charge in [0.25, 0.3) is 0 Å². The number of alkyl halides is 3. The van der Waals surface area contributed by atoms with Crippen LogP contribution in [0, 0.1) is 0 Å². The van der Waals surface area contributed by atoms with Crippen LogP contribution < -0.4 is 0 Å². The van der Waals surface area contributed by atoms with Crippen molar-refractivity contribution in [1.29, 1.82) is 0 Å². The molecule has 2 bridgehead atoms. The molecule has 1 fully saturated rings. The molecule has 2 aliphatic rings. The number of carbonyl (C=O) groups excluding carboxylic acids is 1. The SMILES string of the molecule is CC(C)(C)OC(=O)N1C2C=C(c3ccc(C(F)(F)F)cn3)CC1CCC2. The van der Waals surface area contributed by atoms with Crippen molar-refractivity contribution in [2.24, 2.45) is 0 Å². The maximum Gasteiger partial charge on any atom is 0.417 e. The molecule has 0 radical (unpaired) electrons. The summed E-state index contributed by atoms with van der Waals surface area (Å²) in [7, 11) is 0. The maximum atomic E-state index is 12.7. The zero-order valence-electron chi connectivity index (χ0n) is 15.1. The van der Waals surface area contributed by atoms with Gasteiger partial charge in [0.15, 0.2) is 0 Å². The molecule has 1 amide bonds. The Morgan fingerprint density at radius 2 is 1.96 bits per heavy atom. The summed E-state index contributed by atoms with van der Waals surface area (Å²) < 4.78 is 43.7. The lowest BCUT2D eigenvalue weighted by Crippen LogP contribution is -2.53. The molecule has 1 aromatic heterocycles. The third-order valence-corrected chi connectivity index (χ3v) is 4.66. The molecule has 0 saturated carbocycles. The smallest absolute Gasteiger partial charge is 0.417 e. The number of nitrogens with zero attached hydrogens (tertiary/aromatic N) is 2. The van der Waals surface area contributed by atoms with Gasteiger partial charge in [-0.25, -0.2) is 4.79 Å². The fourth-order valence-electron chi connectivity index (χ4n) is 3.57. The second-order valence-corrected chi connectivity index (χ2v) is 7.87. The number of piperidine rings is 1. The zero-order chi connectivity index (χ0) is 19.1. The van der Waals surface area contributed by atoms with Crippen molar-refractivity contribution >= 4 is 11.7 Å². The molecule has 0 spiro atoms. The summed E-state index contributed by atoms with van der Waals surface area (Å²) in [5.41, 5.74) is 0.116. The molecule has 0 aromatic carbocycles. The van der Waals surface area contributed by atoms with E-state index in [1.165, 1.54) is 6.07 Å². The minimum absolute atomic E-state index is 0.00677. The molecule has 1 aromatic rings. The molecule has 0 aliphatic carbocycles. The standard InChI is InChI=1S/C19H23F3N2O2/c1-18(2,3)26-17(25)24-14-5-4-6-15(24)10-12(9-14)16-8-7-13(11-23-16)19(20,21)22/h7-9,11,14-15H,4-6,10H2,1-3H3. The first-order valence-corrected chi connectivity index (χ1v) is 8.80. The van der Waals surface area contributed by atoms with Gasteiger partial charge in [-0.15, -0.1) is 0 Å². The maximum absolute atomic E-state index is 12.7. The third kappa shape index (κ3) is 4.02. The first-order chi connectivity index (χ1) is 12.0. The van der Waals surface area contributed by atoms with E-state index in [2.05, 4.69) is 4.98 Å². The summed E-state index contributed by atoms with van der Waals surface area (Å²) >= 11 is 0. The Kier molecular flexibility index (Phi) is 4.75. The van der Waals surface area contributed by atoms with Gasteiger partial charge in [-0.1, -0.05) is 6.08 Å². The van der Waals surface area contributed by atoms with Crippen molar-refractivity contribution < 1.29 is 22.7 Å². The first kappa shape index (κ1) is 18.7. The zero-order valence-corrected chi connectivity index (χ0v) is 15.1.